The molecule has 4 N–H and O–H groups in total. The number of nitrogen functional groups attached to an aromatic ring is 1. The average molecular weight is 365 g/mol. The predicted molar refractivity (Wildman–Crippen MR) is 108 cm³/mol. The van der Waals surface area contributed by atoms with E-state index in [9.17, 15) is 0 Å². The van der Waals surface area contributed by atoms with Crippen LogP contribution in [0.3, 0.4) is 0 Å². The maximum atomic E-state index is 6.29. The number of aromatic nitrogens is 2. The third-order valence-corrected chi connectivity index (χ3v) is 4.03. The van der Waals surface area contributed by atoms with E-state index in [2.05, 4.69) is 26.7 Å². The molecule has 0 aliphatic rings. The van der Waals surface area contributed by atoms with Crippen molar-refractivity contribution in [2.45, 2.75) is 13.8 Å². The zero-order valence-corrected chi connectivity index (χ0v) is 15.8. The lowest BCUT2D eigenvalue weighted by Crippen LogP contribution is -2.06. The molecule has 0 saturated carbocycles. The van der Waals surface area contributed by atoms with Gasteiger partial charge in [-0.2, -0.15) is 0 Å². The summed E-state index contributed by atoms with van der Waals surface area (Å²) in [6.07, 6.45) is 1.46. The molecule has 0 aliphatic heterocycles. The van der Waals surface area contributed by atoms with Gasteiger partial charge in [0.15, 0.2) is 11.6 Å². The fraction of sp³-hybridized carbons (Fsp3) is 0.200. The summed E-state index contributed by atoms with van der Waals surface area (Å²) in [6, 6.07) is 11.6. The Morgan fingerprint density at radius 1 is 0.852 bits per heavy atom. The molecule has 0 aliphatic carbocycles. The Morgan fingerprint density at radius 2 is 1.52 bits per heavy atom. The fourth-order valence-corrected chi connectivity index (χ4v) is 2.81. The number of hydrogen-bond acceptors (Lipinski definition) is 7. The molecular formula is C20H23N5O2. The molecule has 7 nitrogen and oxygen atoms in total. The van der Waals surface area contributed by atoms with E-state index in [0.29, 0.717) is 28.8 Å². The molecular weight excluding hydrogens is 342 g/mol. The van der Waals surface area contributed by atoms with E-state index in [1.807, 2.05) is 38.1 Å². The number of ether oxygens (including phenoxy) is 2. The van der Waals surface area contributed by atoms with Crippen LogP contribution in [0, 0.1) is 13.8 Å². The number of aryl methyl sites for hydroxylation is 2. The molecule has 3 aromatic rings. The first kappa shape index (κ1) is 18.3. The largest absolute Gasteiger partial charge is 0.497 e. The van der Waals surface area contributed by atoms with Crippen LogP contribution in [0.5, 0.6) is 11.5 Å². The standard InChI is InChI=1S/C20H23N5O2/c1-12-7-13(2)9-14(8-12)24-19-18(21)20(23-11-22-19)25-16-6-5-15(26-3)10-17(16)27-4/h5-11H,21H2,1-4H3,(H2,22,23,24,25). The number of anilines is 5. The molecule has 140 valence electrons. The van der Waals surface area contributed by atoms with Crippen LogP contribution in [0.1, 0.15) is 11.1 Å². The molecule has 0 atom stereocenters. The van der Waals surface area contributed by atoms with Crippen molar-refractivity contribution in [1.29, 1.82) is 0 Å². The first-order valence-corrected chi connectivity index (χ1v) is 8.45. The second kappa shape index (κ2) is 7.82. The molecule has 1 heterocycles. The molecule has 0 bridgehead atoms. The highest BCUT2D eigenvalue weighted by molar-refractivity contribution is 5.81. The van der Waals surface area contributed by atoms with E-state index in [4.69, 9.17) is 15.2 Å². The first-order chi connectivity index (χ1) is 13.0. The molecule has 0 saturated heterocycles. The summed E-state index contributed by atoms with van der Waals surface area (Å²) in [5.41, 5.74) is 10.7. The zero-order chi connectivity index (χ0) is 19.4. The Morgan fingerprint density at radius 3 is 2.15 bits per heavy atom. The predicted octanol–water partition coefficient (Wildman–Crippen LogP) is 4.18. The minimum Gasteiger partial charge on any atom is -0.497 e. The number of benzene rings is 2. The van der Waals surface area contributed by atoms with Gasteiger partial charge in [0.2, 0.25) is 0 Å². The van der Waals surface area contributed by atoms with Crippen LogP contribution in [0.4, 0.5) is 28.7 Å². The Bertz CT molecular complexity index is 939. The van der Waals surface area contributed by atoms with Gasteiger partial charge in [-0.3, -0.25) is 0 Å². The highest BCUT2D eigenvalue weighted by atomic mass is 16.5. The van der Waals surface area contributed by atoms with E-state index in [1.54, 1.807) is 20.3 Å². The van der Waals surface area contributed by atoms with E-state index in [0.717, 1.165) is 22.5 Å². The Hall–Kier alpha value is -3.48. The first-order valence-electron chi connectivity index (χ1n) is 8.45. The highest BCUT2D eigenvalue weighted by Gasteiger charge is 2.12. The van der Waals surface area contributed by atoms with Crippen LogP contribution >= 0.6 is 0 Å². The Labute approximate surface area is 158 Å². The van der Waals surface area contributed by atoms with Crippen molar-refractivity contribution < 1.29 is 9.47 Å². The molecule has 0 radical (unpaired) electrons. The van der Waals surface area contributed by atoms with Gasteiger partial charge in [0.25, 0.3) is 0 Å². The van der Waals surface area contributed by atoms with Gasteiger partial charge < -0.3 is 25.8 Å². The van der Waals surface area contributed by atoms with Crippen LogP contribution in [0.25, 0.3) is 0 Å². The topological polar surface area (TPSA) is 94.3 Å². The molecule has 2 aromatic carbocycles. The van der Waals surface area contributed by atoms with Gasteiger partial charge in [-0.05, 0) is 49.2 Å². The van der Waals surface area contributed by atoms with Crippen LogP contribution in [0.2, 0.25) is 0 Å². The molecule has 0 spiro atoms. The van der Waals surface area contributed by atoms with Crippen molar-refractivity contribution in [3.63, 3.8) is 0 Å². The number of methoxy groups -OCH3 is 2. The summed E-state index contributed by atoms with van der Waals surface area (Å²) in [6.45, 7) is 4.09. The van der Waals surface area contributed by atoms with E-state index < -0.39 is 0 Å². The molecule has 0 amide bonds. The van der Waals surface area contributed by atoms with Gasteiger partial charge >= 0.3 is 0 Å². The van der Waals surface area contributed by atoms with Crippen molar-refractivity contribution in [3.05, 3.63) is 53.9 Å². The number of rotatable bonds is 6. The second-order valence-corrected chi connectivity index (χ2v) is 6.18. The lowest BCUT2D eigenvalue weighted by molar-refractivity contribution is 0.395. The zero-order valence-electron chi connectivity index (χ0n) is 15.8. The maximum Gasteiger partial charge on any atom is 0.159 e. The van der Waals surface area contributed by atoms with Gasteiger partial charge in [0, 0.05) is 11.8 Å². The quantitative estimate of drug-likeness (QED) is 0.603. The minimum atomic E-state index is 0.412. The average Bonchev–Trinajstić information content (AvgIpc) is 2.64. The van der Waals surface area contributed by atoms with Crippen LogP contribution in [-0.2, 0) is 0 Å². The van der Waals surface area contributed by atoms with Crippen LogP contribution < -0.4 is 25.8 Å². The number of nitrogens with zero attached hydrogens (tertiary/aromatic N) is 2. The summed E-state index contributed by atoms with van der Waals surface area (Å²) in [4.78, 5) is 8.52. The summed E-state index contributed by atoms with van der Waals surface area (Å²) in [5, 5.41) is 6.45. The summed E-state index contributed by atoms with van der Waals surface area (Å²) in [7, 11) is 3.20. The van der Waals surface area contributed by atoms with Crippen molar-refractivity contribution in [1.82, 2.24) is 9.97 Å². The SMILES string of the molecule is COc1ccc(Nc2ncnc(Nc3cc(C)cc(C)c3)c2N)c(OC)c1. The van der Waals surface area contributed by atoms with E-state index in [1.165, 1.54) is 6.33 Å². The van der Waals surface area contributed by atoms with Crippen molar-refractivity contribution in [2.24, 2.45) is 0 Å². The van der Waals surface area contributed by atoms with Gasteiger partial charge in [-0.1, -0.05) is 6.07 Å². The van der Waals surface area contributed by atoms with Crippen LogP contribution in [-0.4, -0.2) is 24.2 Å². The van der Waals surface area contributed by atoms with Gasteiger partial charge in [-0.25, -0.2) is 9.97 Å². The Balaban J connectivity index is 1.89. The van der Waals surface area contributed by atoms with Crippen molar-refractivity contribution >= 4 is 28.7 Å². The lowest BCUT2D eigenvalue weighted by atomic mass is 10.1. The van der Waals surface area contributed by atoms with Gasteiger partial charge in [0.1, 0.15) is 23.5 Å². The van der Waals surface area contributed by atoms with Crippen molar-refractivity contribution in [2.75, 3.05) is 30.6 Å². The molecule has 3 rings (SSSR count). The molecule has 0 unspecified atom stereocenters. The summed E-state index contributed by atoms with van der Waals surface area (Å²) >= 11 is 0. The van der Waals surface area contributed by atoms with Crippen LogP contribution in [0.15, 0.2) is 42.7 Å². The van der Waals surface area contributed by atoms with Crippen molar-refractivity contribution in [3.8, 4) is 11.5 Å². The van der Waals surface area contributed by atoms with E-state index in [-0.39, 0.29) is 0 Å². The maximum absolute atomic E-state index is 6.29. The molecule has 1 aromatic heterocycles. The molecule has 27 heavy (non-hydrogen) atoms. The normalized spacial score (nSPS) is 10.4. The lowest BCUT2D eigenvalue weighted by Gasteiger charge is -2.15. The monoisotopic (exact) mass is 365 g/mol. The molecule has 7 heteroatoms. The Kier molecular flexibility index (Phi) is 5.30. The number of hydrogen-bond donors (Lipinski definition) is 3. The third-order valence-electron chi connectivity index (χ3n) is 4.03. The summed E-state index contributed by atoms with van der Waals surface area (Å²) < 4.78 is 10.6. The third kappa shape index (κ3) is 4.20. The minimum absolute atomic E-state index is 0.412. The fourth-order valence-electron chi connectivity index (χ4n) is 2.81. The molecule has 0 fully saturated rings. The second-order valence-electron chi connectivity index (χ2n) is 6.18. The number of nitrogens with two attached hydrogens (primary N) is 1. The smallest absolute Gasteiger partial charge is 0.159 e. The summed E-state index contributed by atoms with van der Waals surface area (Å²) in [5.74, 6) is 2.34. The van der Waals surface area contributed by atoms with Gasteiger partial charge in [-0.15, -0.1) is 0 Å². The highest BCUT2D eigenvalue weighted by Crippen LogP contribution is 2.34. The van der Waals surface area contributed by atoms with E-state index >= 15 is 0 Å². The van der Waals surface area contributed by atoms with Gasteiger partial charge in [0.05, 0.1) is 19.9 Å². The number of nitrogens with one attached hydrogen (secondary N) is 2.